The second kappa shape index (κ2) is 9.47. The fourth-order valence-electron chi connectivity index (χ4n) is 3.26. The van der Waals surface area contributed by atoms with Gasteiger partial charge in [0.25, 0.3) is 0 Å². The van der Waals surface area contributed by atoms with Gasteiger partial charge in [-0.2, -0.15) is 5.10 Å². The number of amides is 1. The number of hydrogen-bond donors (Lipinski definition) is 1. The van der Waals surface area contributed by atoms with Crippen LogP contribution in [0.4, 0.5) is 8.78 Å². The highest BCUT2D eigenvalue weighted by Gasteiger charge is 2.21. The Bertz CT molecular complexity index is 1200. The summed E-state index contributed by atoms with van der Waals surface area (Å²) in [6, 6.07) is 15.8. The summed E-state index contributed by atoms with van der Waals surface area (Å²) in [5.41, 5.74) is 2.01. The van der Waals surface area contributed by atoms with E-state index in [1.807, 2.05) is 30.3 Å². The van der Waals surface area contributed by atoms with Crippen LogP contribution in [-0.4, -0.2) is 15.7 Å². The average Bonchev–Trinajstić information content (AvgIpc) is 3.41. The predicted molar refractivity (Wildman–Crippen MR) is 114 cm³/mol. The third-order valence-corrected chi connectivity index (χ3v) is 4.88. The van der Waals surface area contributed by atoms with Crippen LogP contribution in [0.15, 0.2) is 71.3 Å². The van der Waals surface area contributed by atoms with Crippen LogP contribution in [0.3, 0.4) is 0 Å². The Morgan fingerprint density at radius 3 is 2.66 bits per heavy atom. The normalized spacial score (nSPS) is 10.8. The van der Waals surface area contributed by atoms with Crippen molar-refractivity contribution in [2.45, 2.75) is 26.3 Å². The van der Waals surface area contributed by atoms with E-state index < -0.39 is 11.6 Å². The van der Waals surface area contributed by atoms with Crippen molar-refractivity contribution >= 4 is 5.91 Å². The van der Waals surface area contributed by atoms with Crippen LogP contribution in [0.5, 0.6) is 11.6 Å². The topological polar surface area (TPSA) is 69.3 Å². The first-order valence-corrected chi connectivity index (χ1v) is 10.1. The Balaban J connectivity index is 1.59. The van der Waals surface area contributed by atoms with Crippen LogP contribution in [0.2, 0.25) is 0 Å². The summed E-state index contributed by atoms with van der Waals surface area (Å²) in [4.78, 5) is 12.3. The monoisotopic (exact) mass is 437 g/mol. The van der Waals surface area contributed by atoms with Crippen molar-refractivity contribution < 1.29 is 22.7 Å². The lowest BCUT2D eigenvalue weighted by atomic mass is 10.1. The molecule has 0 radical (unpaired) electrons. The van der Waals surface area contributed by atoms with Crippen LogP contribution < -0.4 is 10.1 Å². The highest BCUT2D eigenvalue weighted by Crippen LogP contribution is 2.32. The number of halogens is 2. The molecule has 2 heterocycles. The molecule has 0 aliphatic heterocycles. The first kappa shape index (κ1) is 21.3. The molecule has 0 saturated carbocycles. The second-order valence-electron chi connectivity index (χ2n) is 7.15. The molecule has 2 aromatic carbocycles. The molecular formula is C24H21F2N3O3. The van der Waals surface area contributed by atoms with Crippen LogP contribution in [0.25, 0.3) is 5.69 Å². The predicted octanol–water partition coefficient (Wildman–Crippen LogP) is 5.09. The second-order valence-corrected chi connectivity index (χ2v) is 7.15. The van der Waals surface area contributed by atoms with Gasteiger partial charge in [-0.3, -0.25) is 4.79 Å². The van der Waals surface area contributed by atoms with Crippen LogP contribution in [0, 0.1) is 18.6 Å². The van der Waals surface area contributed by atoms with Gasteiger partial charge in [0, 0.05) is 18.1 Å². The van der Waals surface area contributed by atoms with Gasteiger partial charge in [-0.25, -0.2) is 13.5 Å². The lowest BCUT2D eigenvalue weighted by Crippen LogP contribution is -2.22. The van der Waals surface area contributed by atoms with Crippen molar-refractivity contribution in [1.82, 2.24) is 15.1 Å². The quantitative estimate of drug-likeness (QED) is 0.417. The highest BCUT2D eigenvalue weighted by molar-refractivity contribution is 5.76. The van der Waals surface area contributed by atoms with E-state index in [0.29, 0.717) is 29.1 Å². The van der Waals surface area contributed by atoms with Gasteiger partial charge in [0.1, 0.15) is 11.6 Å². The molecule has 0 aliphatic rings. The number of nitrogens with zero attached hydrogens (tertiary/aromatic N) is 2. The van der Waals surface area contributed by atoms with Gasteiger partial charge in [-0.05, 0) is 49.7 Å². The maximum absolute atomic E-state index is 14.3. The van der Waals surface area contributed by atoms with Crippen molar-refractivity contribution in [3.8, 4) is 17.3 Å². The van der Waals surface area contributed by atoms with Crippen LogP contribution >= 0.6 is 0 Å². The Labute approximate surface area is 183 Å². The summed E-state index contributed by atoms with van der Waals surface area (Å²) < 4.78 is 40.3. The number of rotatable bonds is 8. The largest absolute Gasteiger partial charge is 0.467 e. The number of carbonyl (C=O) groups excluding carboxylic acids is 1. The molecule has 2 aromatic heterocycles. The lowest BCUT2D eigenvalue weighted by Gasteiger charge is -2.12. The number of aromatic nitrogens is 2. The number of carbonyl (C=O) groups is 1. The molecule has 0 fully saturated rings. The van der Waals surface area contributed by atoms with E-state index >= 15 is 0 Å². The molecule has 0 unspecified atom stereocenters. The van der Waals surface area contributed by atoms with Crippen molar-refractivity contribution in [2.75, 3.05) is 0 Å². The Hall–Kier alpha value is -3.94. The van der Waals surface area contributed by atoms with E-state index in [0.717, 1.165) is 12.1 Å². The fraction of sp³-hybridized carbons (Fsp3) is 0.167. The van der Waals surface area contributed by atoms with Crippen LogP contribution in [0.1, 0.15) is 23.4 Å². The molecule has 32 heavy (non-hydrogen) atoms. The van der Waals surface area contributed by atoms with Gasteiger partial charge in [-0.15, -0.1) is 0 Å². The summed E-state index contributed by atoms with van der Waals surface area (Å²) in [5.74, 6) is -0.902. The summed E-state index contributed by atoms with van der Waals surface area (Å²) in [6.07, 6.45) is 2.03. The van der Waals surface area contributed by atoms with Crippen molar-refractivity contribution in [1.29, 1.82) is 0 Å². The number of nitrogens with one attached hydrogen (secondary N) is 1. The molecule has 0 bridgehead atoms. The van der Waals surface area contributed by atoms with Crippen molar-refractivity contribution in [3.63, 3.8) is 0 Å². The maximum atomic E-state index is 14.3. The van der Waals surface area contributed by atoms with Crippen molar-refractivity contribution in [2.24, 2.45) is 0 Å². The maximum Gasteiger partial charge on any atom is 0.226 e. The number of aryl methyl sites for hydroxylation is 1. The Morgan fingerprint density at radius 2 is 1.94 bits per heavy atom. The zero-order valence-corrected chi connectivity index (χ0v) is 17.3. The fourth-order valence-corrected chi connectivity index (χ4v) is 3.26. The first-order valence-electron chi connectivity index (χ1n) is 10.1. The van der Waals surface area contributed by atoms with E-state index in [2.05, 4.69) is 10.4 Å². The highest BCUT2D eigenvalue weighted by atomic mass is 19.1. The number of hydrogen-bond acceptors (Lipinski definition) is 4. The molecule has 4 aromatic rings. The Kier molecular flexibility index (Phi) is 6.30. The smallest absolute Gasteiger partial charge is 0.226 e. The van der Waals surface area contributed by atoms with Gasteiger partial charge in [0.2, 0.25) is 11.8 Å². The SMILES string of the molecule is Cc1nn(-c2ccccc2)c(Oc2ccc(F)cc2F)c1CCC(=O)NCc1ccco1. The number of ether oxygens (including phenoxy) is 1. The zero-order chi connectivity index (χ0) is 22.5. The van der Waals surface area contributed by atoms with Crippen LogP contribution in [-0.2, 0) is 17.8 Å². The molecule has 0 spiro atoms. The van der Waals surface area contributed by atoms with Gasteiger partial charge < -0.3 is 14.5 Å². The number of furan rings is 1. The molecular weight excluding hydrogens is 416 g/mol. The molecule has 164 valence electrons. The molecule has 1 amide bonds. The summed E-state index contributed by atoms with van der Waals surface area (Å²) in [7, 11) is 0. The molecule has 0 saturated heterocycles. The van der Waals surface area contributed by atoms with Gasteiger partial charge >= 0.3 is 0 Å². The average molecular weight is 437 g/mol. The zero-order valence-electron chi connectivity index (χ0n) is 17.3. The third-order valence-electron chi connectivity index (χ3n) is 4.88. The van der Waals surface area contributed by atoms with E-state index in [1.165, 1.54) is 6.07 Å². The summed E-state index contributed by atoms with van der Waals surface area (Å²) in [5, 5.41) is 7.33. The molecule has 4 rings (SSSR count). The summed E-state index contributed by atoms with van der Waals surface area (Å²) in [6.45, 7) is 2.08. The molecule has 0 atom stereocenters. The molecule has 0 aliphatic carbocycles. The van der Waals surface area contributed by atoms with Gasteiger partial charge in [-0.1, -0.05) is 18.2 Å². The minimum atomic E-state index is -0.828. The number of benzene rings is 2. The third kappa shape index (κ3) is 4.85. The van der Waals surface area contributed by atoms with Gasteiger partial charge in [0.15, 0.2) is 11.6 Å². The molecule has 1 N–H and O–H groups in total. The minimum absolute atomic E-state index is 0.132. The van der Waals surface area contributed by atoms with Crippen molar-refractivity contribution in [3.05, 3.63) is 95.6 Å². The minimum Gasteiger partial charge on any atom is -0.467 e. The lowest BCUT2D eigenvalue weighted by molar-refractivity contribution is -0.121. The molecule has 8 heteroatoms. The summed E-state index contributed by atoms with van der Waals surface area (Å²) >= 11 is 0. The Morgan fingerprint density at radius 1 is 1.12 bits per heavy atom. The molecule has 6 nitrogen and oxygen atoms in total. The number of para-hydroxylation sites is 1. The first-order chi connectivity index (χ1) is 15.5. The van der Waals surface area contributed by atoms with E-state index in [4.69, 9.17) is 9.15 Å². The van der Waals surface area contributed by atoms with E-state index in [9.17, 15) is 13.6 Å². The van der Waals surface area contributed by atoms with Gasteiger partial charge in [0.05, 0.1) is 24.2 Å². The van der Waals surface area contributed by atoms with E-state index in [1.54, 1.807) is 30.0 Å². The van der Waals surface area contributed by atoms with E-state index in [-0.39, 0.29) is 30.5 Å². The standard InChI is InChI=1S/C24H21F2N3O3/c1-16-20(10-12-23(30)27-15-19-8-5-13-31-19)24(29(28-16)18-6-3-2-4-7-18)32-22-11-9-17(25)14-21(22)26/h2-9,11,13-14H,10,12,15H2,1H3,(H,27,30).